The lowest BCUT2D eigenvalue weighted by molar-refractivity contribution is 0.145. The van der Waals surface area contributed by atoms with Gasteiger partial charge in [0.25, 0.3) is 0 Å². The second kappa shape index (κ2) is 4.06. The quantitative estimate of drug-likeness (QED) is 0.624. The molecule has 0 amide bonds. The molecule has 1 saturated heterocycles. The van der Waals surface area contributed by atoms with E-state index in [-0.39, 0.29) is 0 Å². The van der Waals surface area contributed by atoms with Crippen LogP contribution in [0.1, 0.15) is 20.3 Å². The van der Waals surface area contributed by atoms with Crippen molar-refractivity contribution >= 4 is 0 Å². The molecule has 0 bridgehead atoms. The van der Waals surface area contributed by atoms with Crippen LogP contribution >= 0.6 is 0 Å². The Hall–Kier alpha value is -0.340. The van der Waals surface area contributed by atoms with Crippen LogP contribution in [0.25, 0.3) is 0 Å². The van der Waals surface area contributed by atoms with Gasteiger partial charge in [-0.05, 0) is 26.8 Å². The monoisotopic (exact) mass is 168 g/mol. The van der Waals surface area contributed by atoms with Crippen LogP contribution in [0.4, 0.5) is 0 Å². The first-order valence-corrected chi connectivity index (χ1v) is 4.73. The molecule has 0 aromatic rings. The zero-order valence-electron chi connectivity index (χ0n) is 8.27. The lowest BCUT2D eigenvalue weighted by Crippen LogP contribution is -2.44. The Morgan fingerprint density at radius 1 is 1.50 bits per heavy atom. The summed E-state index contributed by atoms with van der Waals surface area (Å²) < 4.78 is 0. The molecule has 0 unspecified atom stereocenters. The van der Waals surface area contributed by atoms with Gasteiger partial charge in [-0.3, -0.25) is 4.90 Å². The fourth-order valence-electron chi connectivity index (χ4n) is 1.69. The van der Waals surface area contributed by atoms with E-state index >= 15 is 0 Å². The van der Waals surface area contributed by atoms with Crippen LogP contribution in [0.5, 0.6) is 0 Å². The molecule has 0 aromatic carbocycles. The molecule has 0 atom stereocenters. The van der Waals surface area contributed by atoms with Crippen molar-refractivity contribution in [2.24, 2.45) is 0 Å². The van der Waals surface area contributed by atoms with E-state index in [2.05, 4.69) is 30.6 Å². The molecule has 1 fully saturated rings. The van der Waals surface area contributed by atoms with Gasteiger partial charge in [0, 0.05) is 25.2 Å². The lowest BCUT2D eigenvalue weighted by Gasteiger charge is -2.35. The number of nitrogens with zero attached hydrogens (tertiary/aromatic N) is 1. The van der Waals surface area contributed by atoms with Gasteiger partial charge in [-0.2, -0.15) is 0 Å². The van der Waals surface area contributed by atoms with Crippen molar-refractivity contribution in [1.82, 2.24) is 10.2 Å². The maximum Gasteiger partial charge on any atom is 0.0169 e. The van der Waals surface area contributed by atoms with Crippen molar-refractivity contribution in [3.63, 3.8) is 0 Å². The van der Waals surface area contributed by atoms with E-state index in [4.69, 9.17) is 0 Å². The topological polar surface area (TPSA) is 15.3 Å². The molecule has 1 rings (SSSR count). The molecule has 1 N–H and O–H groups in total. The molecule has 0 aliphatic carbocycles. The van der Waals surface area contributed by atoms with E-state index in [9.17, 15) is 0 Å². The average Bonchev–Trinajstić information content (AvgIpc) is 2.15. The van der Waals surface area contributed by atoms with Crippen LogP contribution < -0.4 is 5.32 Å². The highest BCUT2D eigenvalue weighted by Crippen LogP contribution is 2.19. The van der Waals surface area contributed by atoms with E-state index in [0.29, 0.717) is 5.54 Å². The van der Waals surface area contributed by atoms with Gasteiger partial charge < -0.3 is 5.32 Å². The van der Waals surface area contributed by atoms with Crippen molar-refractivity contribution in [1.29, 1.82) is 0 Å². The normalized spacial score (nSPS) is 24.8. The zero-order chi connectivity index (χ0) is 9.03. The van der Waals surface area contributed by atoms with Crippen LogP contribution in [0.3, 0.4) is 0 Å². The highest BCUT2D eigenvalue weighted by Gasteiger charge is 2.26. The summed E-state index contributed by atoms with van der Waals surface area (Å²) in [5.74, 6) is 0. The van der Waals surface area contributed by atoms with Gasteiger partial charge in [-0.25, -0.2) is 0 Å². The second-order valence-corrected chi connectivity index (χ2v) is 4.05. The molecule has 0 spiro atoms. The van der Waals surface area contributed by atoms with Crippen molar-refractivity contribution < 1.29 is 0 Å². The fourth-order valence-corrected chi connectivity index (χ4v) is 1.69. The zero-order valence-corrected chi connectivity index (χ0v) is 8.27. The Morgan fingerprint density at radius 2 is 2.25 bits per heavy atom. The Bertz CT molecular complexity index is 152. The Labute approximate surface area is 75.6 Å². The molecule has 12 heavy (non-hydrogen) atoms. The highest BCUT2D eigenvalue weighted by molar-refractivity contribution is 4.88. The predicted molar refractivity (Wildman–Crippen MR) is 53.3 cm³/mol. The minimum Gasteiger partial charge on any atom is -0.315 e. The summed E-state index contributed by atoms with van der Waals surface area (Å²) in [6, 6.07) is 0. The molecule has 2 nitrogen and oxygen atoms in total. The Morgan fingerprint density at radius 3 is 2.92 bits per heavy atom. The summed E-state index contributed by atoms with van der Waals surface area (Å²) in [7, 11) is 0. The third kappa shape index (κ3) is 2.32. The summed E-state index contributed by atoms with van der Waals surface area (Å²) in [6.45, 7) is 12.8. The van der Waals surface area contributed by atoms with Gasteiger partial charge in [0.1, 0.15) is 0 Å². The van der Waals surface area contributed by atoms with Gasteiger partial charge in [0.05, 0.1) is 0 Å². The minimum atomic E-state index is 0.331. The predicted octanol–water partition coefficient (Wildman–Crippen LogP) is 1.25. The molecular weight excluding hydrogens is 148 g/mol. The van der Waals surface area contributed by atoms with E-state index in [0.717, 1.165) is 26.2 Å². The van der Waals surface area contributed by atoms with Crippen LogP contribution in [-0.2, 0) is 0 Å². The third-order valence-corrected chi connectivity index (χ3v) is 2.68. The summed E-state index contributed by atoms with van der Waals surface area (Å²) >= 11 is 0. The van der Waals surface area contributed by atoms with Crippen molar-refractivity contribution in [3.8, 4) is 0 Å². The molecule has 1 aliphatic heterocycles. The Kier molecular flexibility index (Phi) is 3.29. The van der Waals surface area contributed by atoms with E-state index in [1.165, 1.54) is 6.42 Å². The van der Waals surface area contributed by atoms with Gasteiger partial charge in [0.15, 0.2) is 0 Å². The molecule has 0 saturated carbocycles. The largest absolute Gasteiger partial charge is 0.315 e. The number of hydrogen-bond acceptors (Lipinski definition) is 2. The van der Waals surface area contributed by atoms with E-state index in [1.54, 1.807) is 0 Å². The maximum absolute atomic E-state index is 3.79. The maximum atomic E-state index is 3.79. The van der Waals surface area contributed by atoms with Crippen molar-refractivity contribution in [2.75, 3.05) is 26.2 Å². The molecule has 1 aliphatic rings. The van der Waals surface area contributed by atoms with Gasteiger partial charge >= 0.3 is 0 Å². The smallest absolute Gasteiger partial charge is 0.0169 e. The van der Waals surface area contributed by atoms with Crippen molar-refractivity contribution in [2.45, 2.75) is 25.8 Å². The highest BCUT2D eigenvalue weighted by atomic mass is 15.2. The standard InChI is InChI=1S/C10H20N2/c1-4-8-12-9-7-11-6-5-10(12,2)3/h4,11H,1,5-9H2,2-3H3. The summed E-state index contributed by atoms with van der Waals surface area (Å²) in [6.07, 6.45) is 3.22. The lowest BCUT2D eigenvalue weighted by atomic mass is 9.99. The number of nitrogens with one attached hydrogen (secondary N) is 1. The second-order valence-electron chi connectivity index (χ2n) is 4.05. The third-order valence-electron chi connectivity index (χ3n) is 2.68. The summed E-state index contributed by atoms with van der Waals surface area (Å²) in [4.78, 5) is 2.49. The van der Waals surface area contributed by atoms with Gasteiger partial charge in [-0.15, -0.1) is 6.58 Å². The molecule has 2 heteroatoms. The average molecular weight is 168 g/mol. The first kappa shape index (κ1) is 9.75. The van der Waals surface area contributed by atoms with Crippen LogP contribution in [-0.4, -0.2) is 36.6 Å². The molecule has 1 heterocycles. The van der Waals surface area contributed by atoms with Gasteiger partial charge in [0.2, 0.25) is 0 Å². The van der Waals surface area contributed by atoms with Crippen LogP contribution in [0.2, 0.25) is 0 Å². The van der Waals surface area contributed by atoms with E-state index < -0.39 is 0 Å². The van der Waals surface area contributed by atoms with Gasteiger partial charge in [-0.1, -0.05) is 6.08 Å². The number of rotatable bonds is 2. The Balaban J connectivity index is 2.58. The first-order valence-electron chi connectivity index (χ1n) is 4.73. The van der Waals surface area contributed by atoms with Crippen molar-refractivity contribution in [3.05, 3.63) is 12.7 Å². The molecule has 0 aromatic heterocycles. The van der Waals surface area contributed by atoms with Crippen LogP contribution in [0, 0.1) is 0 Å². The summed E-state index contributed by atoms with van der Waals surface area (Å²) in [5, 5.41) is 3.42. The summed E-state index contributed by atoms with van der Waals surface area (Å²) in [5.41, 5.74) is 0.331. The SMILES string of the molecule is C=CCN1CCNCCC1(C)C. The number of hydrogen-bond donors (Lipinski definition) is 1. The minimum absolute atomic E-state index is 0.331. The fraction of sp³-hybridized carbons (Fsp3) is 0.800. The first-order chi connectivity index (χ1) is 5.67. The van der Waals surface area contributed by atoms with Crippen LogP contribution in [0.15, 0.2) is 12.7 Å². The molecular formula is C10H20N2. The molecule has 70 valence electrons. The van der Waals surface area contributed by atoms with E-state index in [1.807, 2.05) is 6.08 Å². The molecule has 0 radical (unpaired) electrons.